The zero-order chi connectivity index (χ0) is 16.9. The van der Waals surface area contributed by atoms with E-state index in [2.05, 4.69) is 31.0 Å². The minimum atomic E-state index is -4.29. The average molecular weight is 321 g/mol. The lowest BCUT2D eigenvalue weighted by Crippen LogP contribution is -2.04. The quantitative estimate of drug-likeness (QED) is 0.422. The Kier molecular flexibility index (Phi) is 14.0. The Morgan fingerprint density at radius 2 is 1.76 bits per heavy atom. The van der Waals surface area contributed by atoms with E-state index in [1.165, 1.54) is 5.57 Å². The number of hydrogen-bond donors (Lipinski definition) is 1. The lowest BCUT2D eigenvalue weighted by molar-refractivity contribution is 0.273. The van der Waals surface area contributed by atoms with Crippen LogP contribution in [0, 0.1) is 5.92 Å². The minimum Gasteiger partial charge on any atom is -0.312 e. The maximum Gasteiger partial charge on any atom is 0.397 e. The van der Waals surface area contributed by atoms with Crippen molar-refractivity contribution >= 4 is 10.4 Å². The normalized spacial score (nSPS) is 13.0. The third-order valence-corrected chi connectivity index (χ3v) is 2.62. The summed E-state index contributed by atoms with van der Waals surface area (Å²) in [5.41, 5.74) is 1.32. The molecule has 0 aliphatic carbocycles. The monoisotopic (exact) mass is 321 g/mol. The van der Waals surface area contributed by atoms with Crippen molar-refractivity contribution in [2.24, 2.45) is 5.92 Å². The largest absolute Gasteiger partial charge is 0.397 e. The lowest BCUT2D eigenvalue weighted by atomic mass is 10.0. The summed E-state index contributed by atoms with van der Waals surface area (Å²) in [6, 6.07) is 0. The fourth-order valence-electron chi connectivity index (χ4n) is 1.28. The highest BCUT2D eigenvalue weighted by molar-refractivity contribution is 7.80. The summed E-state index contributed by atoms with van der Waals surface area (Å²) in [5, 5.41) is 0. The predicted octanol–water partition coefficient (Wildman–Crippen LogP) is 3.31. The first-order chi connectivity index (χ1) is 9.54. The van der Waals surface area contributed by atoms with Gasteiger partial charge in [-0.05, 0) is 60.2 Å². The van der Waals surface area contributed by atoms with Gasteiger partial charge in [0, 0.05) is 0 Å². The van der Waals surface area contributed by atoms with Crippen molar-refractivity contribution in [3.63, 3.8) is 0 Å². The van der Waals surface area contributed by atoms with Crippen LogP contribution < -0.4 is 0 Å². The average Bonchev–Trinajstić information content (AvgIpc) is 2.25. The van der Waals surface area contributed by atoms with Gasteiger partial charge in [0.05, 0.1) is 6.61 Å². The van der Waals surface area contributed by atoms with Gasteiger partial charge in [0.15, 0.2) is 0 Å². The van der Waals surface area contributed by atoms with Crippen molar-refractivity contribution in [3.8, 4) is 0 Å². The van der Waals surface area contributed by atoms with E-state index >= 15 is 0 Å². The second kappa shape index (κ2) is 13.0. The first-order valence-corrected chi connectivity index (χ1v) is 8.44. The van der Waals surface area contributed by atoms with Gasteiger partial charge in [-0.3, -0.25) is 4.55 Å². The molecule has 0 spiro atoms. The molecule has 5 nitrogen and oxygen atoms in total. The molecule has 0 radical (unpaired) electrons. The standard InChI is InChI=1S/C12H22O4S.C3H9N/c1-11(2)7-6-9-12(3)8-4-5-10-16-17(13,14)15;1-4(2)3/h4,7-8,12H,5-6,9-10H2,1-3H3,(H,13,14,15);1-3H3/b8-4+;/t12-;/m0./s1. The van der Waals surface area contributed by atoms with Crippen LogP contribution in [0.25, 0.3) is 0 Å². The van der Waals surface area contributed by atoms with Crippen molar-refractivity contribution < 1.29 is 17.2 Å². The molecule has 21 heavy (non-hydrogen) atoms. The summed E-state index contributed by atoms with van der Waals surface area (Å²) < 4.78 is 33.0. The van der Waals surface area contributed by atoms with Crippen LogP contribution in [0.1, 0.15) is 40.0 Å². The first kappa shape index (κ1) is 22.6. The topological polar surface area (TPSA) is 66.8 Å². The third-order valence-electron chi connectivity index (χ3n) is 2.16. The smallest absolute Gasteiger partial charge is 0.312 e. The van der Waals surface area contributed by atoms with Gasteiger partial charge in [0.25, 0.3) is 0 Å². The molecule has 6 heteroatoms. The molecular weight excluding hydrogens is 290 g/mol. The van der Waals surface area contributed by atoms with Gasteiger partial charge in [-0.25, -0.2) is 4.18 Å². The van der Waals surface area contributed by atoms with Crippen molar-refractivity contribution in [1.29, 1.82) is 0 Å². The number of nitrogens with zero attached hydrogens (tertiary/aromatic N) is 1. The Labute approximate surface area is 130 Å². The molecule has 0 rings (SSSR count). The Morgan fingerprint density at radius 1 is 1.24 bits per heavy atom. The van der Waals surface area contributed by atoms with E-state index in [9.17, 15) is 8.42 Å². The second-order valence-corrected chi connectivity index (χ2v) is 6.74. The van der Waals surface area contributed by atoms with Crippen LogP contribution in [-0.4, -0.2) is 45.6 Å². The Hall–Kier alpha value is -0.690. The van der Waals surface area contributed by atoms with Gasteiger partial charge in [0.2, 0.25) is 0 Å². The zero-order valence-corrected chi connectivity index (χ0v) is 15.0. The molecule has 1 atom stereocenters. The van der Waals surface area contributed by atoms with Crippen molar-refractivity contribution in [1.82, 2.24) is 4.90 Å². The van der Waals surface area contributed by atoms with Gasteiger partial charge in [-0.1, -0.05) is 30.7 Å². The van der Waals surface area contributed by atoms with Crippen LogP contribution in [0.2, 0.25) is 0 Å². The number of allylic oxidation sites excluding steroid dienone is 3. The van der Waals surface area contributed by atoms with Crippen LogP contribution in [0.4, 0.5) is 0 Å². The summed E-state index contributed by atoms with van der Waals surface area (Å²) >= 11 is 0. The van der Waals surface area contributed by atoms with E-state index in [1.807, 2.05) is 38.2 Å². The molecule has 0 heterocycles. The van der Waals surface area contributed by atoms with Gasteiger partial charge in [-0.15, -0.1) is 0 Å². The summed E-state index contributed by atoms with van der Waals surface area (Å²) in [7, 11) is 1.71. The van der Waals surface area contributed by atoms with Gasteiger partial charge in [-0.2, -0.15) is 8.42 Å². The molecule has 1 N–H and O–H groups in total. The molecular formula is C15H31NO4S. The van der Waals surface area contributed by atoms with Gasteiger partial charge >= 0.3 is 10.4 Å². The van der Waals surface area contributed by atoms with Crippen LogP contribution >= 0.6 is 0 Å². The van der Waals surface area contributed by atoms with E-state index < -0.39 is 10.4 Å². The van der Waals surface area contributed by atoms with E-state index in [4.69, 9.17) is 4.55 Å². The van der Waals surface area contributed by atoms with E-state index in [0.717, 1.165) is 12.8 Å². The zero-order valence-electron chi connectivity index (χ0n) is 14.2. The molecule has 0 fully saturated rings. The summed E-state index contributed by atoms with van der Waals surface area (Å²) in [5.74, 6) is 0.455. The number of rotatable bonds is 8. The highest BCUT2D eigenvalue weighted by Crippen LogP contribution is 2.09. The maximum absolute atomic E-state index is 10.2. The minimum absolute atomic E-state index is 0.0178. The molecule has 0 bridgehead atoms. The summed E-state index contributed by atoms with van der Waals surface area (Å²) in [6.45, 7) is 6.25. The fourth-order valence-corrected chi connectivity index (χ4v) is 1.59. The summed E-state index contributed by atoms with van der Waals surface area (Å²) in [6.07, 6.45) is 8.71. The third kappa shape index (κ3) is 28.3. The molecule has 126 valence electrons. The summed E-state index contributed by atoms with van der Waals surface area (Å²) in [4.78, 5) is 2.00. The van der Waals surface area contributed by atoms with Crippen LogP contribution in [0.15, 0.2) is 23.8 Å². The fraction of sp³-hybridized carbons (Fsp3) is 0.733. The van der Waals surface area contributed by atoms with Crippen LogP contribution in [-0.2, 0) is 14.6 Å². The first-order valence-electron chi connectivity index (χ1n) is 7.07. The molecule has 0 saturated carbocycles. The number of hydrogen-bond acceptors (Lipinski definition) is 4. The highest BCUT2D eigenvalue weighted by atomic mass is 32.3. The Morgan fingerprint density at radius 3 is 2.19 bits per heavy atom. The Balaban J connectivity index is 0. The molecule has 0 aliphatic rings. The van der Waals surface area contributed by atoms with E-state index in [0.29, 0.717) is 12.3 Å². The molecule has 0 saturated heterocycles. The Bertz CT molecular complexity index is 393. The van der Waals surface area contributed by atoms with Gasteiger partial charge < -0.3 is 4.90 Å². The molecule has 0 aliphatic heterocycles. The molecule has 0 aromatic rings. The molecule has 0 aromatic carbocycles. The van der Waals surface area contributed by atoms with Gasteiger partial charge in [0.1, 0.15) is 0 Å². The predicted molar refractivity (Wildman–Crippen MR) is 88.7 cm³/mol. The maximum atomic E-state index is 10.2. The van der Waals surface area contributed by atoms with E-state index in [-0.39, 0.29) is 6.61 Å². The second-order valence-electron chi connectivity index (χ2n) is 5.64. The molecule has 0 aromatic heterocycles. The van der Waals surface area contributed by atoms with Crippen molar-refractivity contribution in [2.45, 2.75) is 40.0 Å². The van der Waals surface area contributed by atoms with Crippen molar-refractivity contribution in [2.75, 3.05) is 27.7 Å². The SMILES string of the molecule is CC(C)=CCC[C@@H](C)/C=C/CCOS(=O)(=O)O.CN(C)C. The molecule has 0 amide bonds. The highest BCUT2D eigenvalue weighted by Gasteiger charge is 2.01. The molecule has 0 unspecified atom stereocenters. The van der Waals surface area contributed by atoms with Crippen LogP contribution in [0.5, 0.6) is 0 Å². The lowest BCUT2D eigenvalue weighted by Gasteiger charge is -2.03. The van der Waals surface area contributed by atoms with Crippen LogP contribution in [0.3, 0.4) is 0 Å². The van der Waals surface area contributed by atoms with Crippen molar-refractivity contribution in [3.05, 3.63) is 23.8 Å². The van der Waals surface area contributed by atoms with E-state index in [1.54, 1.807) is 0 Å².